The van der Waals surface area contributed by atoms with Crippen molar-refractivity contribution in [1.29, 1.82) is 0 Å². The summed E-state index contributed by atoms with van der Waals surface area (Å²) in [4.78, 5) is 3.60. The minimum Gasteiger partial charge on any atom is -0.496 e. The highest BCUT2D eigenvalue weighted by atomic mass is 19.1. The topological polar surface area (TPSA) is 22.1 Å². The summed E-state index contributed by atoms with van der Waals surface area (Å²) in [5.74, 6) is 0.593. The molecule has 1 fully saturated rings. The van der Waals surface area contributed by atoms with Gasteiger partial charge in [0.25, 0.3) is 0 Å². The maximum atomic E-state index is 13.1. The molecule has 0 bridgehead atoms. The van der Waals surface area contributed by atoms with E-state index in [9.17, 15) is 4.39 Å². The van der Waals surface area contributed by atoms with Crippen LogP contribution in [0.4, 0.5) is 4.39 Å². The average molecular weight is 167 g/mol. The summed E-state index contributed by atoms with van der Waals surface area (Å²) in [6.45, 7) is 0. The third-order valence-corrected chi connectivity index (χ3v) is 2.11. The Balaban J connectivity index is 2.45. The molecule has 1 aromatic heterocycles. The van der Waals surface area contributed by atoms with Gasteiger partial charge in [0.1, 0.15) is 5.75 Å². The van der Waals surface area contributed by atoms with E-state index in [1.807, 2.05) is 0 Å². The van der Waals surface area contributed by atoms with Gasteiger partial charge < -0.3 is 4.74 Å². The minimum atomic E-state index is -0.378. The molecular weight excluding hydrogens is 157 g/mol. The third kappa shape index (κ3) is 1.15. The van der Waals surface area contributed by atoms with Gasteiger partial charge in [-0.1, -0.05) is 0 Å². The van der Waals surface area contributed by atoms with Crippen molar-refractivity contribution in [2.24, 2.45) is 0 Å². The first-order valence-corrected chi connectivity index (χ1v) is 4.01. The van der Waals surface area contributed by atoms with E-state index in [1.54, 1.807) is 13.2 Å². The molecule has 0 unspecified atom stereocenters. The Bertz CT molecular complexity index is 297. The van der Waals surface area contributed by atoms with E-state index in [1.165, 1.54) is 6.20 Å². The zero-order chi connectivity index (χ0) is 8.55. The van der Waals surface area contributed by atoms with Gasteiger partial charge in [-0.3, -0.25) is 0 Å². The van der Waals surface area contributed by atoms with Crippen molar-refractivity contribution in [3.63, 3.8) is 0 Å². The summed E-state index contributed by atoms with van der Waals surface area (Å²) in [7, 11) is 1.56. The van der Waals surface area contributed by atoms with Gasteiger partial charge in [0.15, 0.2) is 0 Å². The SMILES string of the molecule is COc1ccnc(F)c1C1CC1. The van der Waals surface area contributed by atoms with E-state index in [0.29, 0.717) is 17.2 Å². The Morgan fingerprint density at radius 3 is 2.92 bits per heavy atom. The van der Waals surface area contributed by atoms with Crippen LogP contribution in [0.2, 0.25) is 0 Å². The Hall–Kier alpha value is -1.12. The van der Waals surface area contributed by atoms with Crippen LogP contribution in [0.1, 0.15) is 24.3 Å². The Kier molecular flexibility index (Phi) is 1.71. The molecule has 0 spiro atoms. The monoisotopic (exact) mass is 167 g/mol. The fourth-order valence-corrected chi connectivity index (χ4v) is 1.35. The molecule has 1 aromatic rings. The Labute approximate surface area is 70.4 Å². The van der Waals surface area contributed by atoms with Crippen LogP contribution in [-0.2, 0) is 0 Å². The molecule has 0 saturated heterocycles. The molecule has 0 N–H and O–H groups in total. The second-order valence-electron chi connectivity index (χ2n) is 2.99. The smallest absolute Gasteiger partial charge is 0.220 e. The zero-order valence-electron chi connectivity index (χ0n) is 6.88. The summed E-state index contributed by atoms with van der Waals surface area (Å²) >= 11 is 0. The quantitative estimate of drug-likeness (QED) is 0.629. The lowest BCUT2D eigenvalue weighted by Gasteiger charge is -2.06. The standard InChI is InChI=1S/C9H10FNO/c1-12-7-4-5-11-9(10)8(7)6-2-3-6/h4-6H,2-3H2,1H3. The lowest BCUT2D eigenvalue weighted by Crippen LogP contribution is -1.96. The van der Waals surface area contributed by atoms with Crippen LogP contribution in [0.15, 0.2) is 12.3 Å². The minimum absolute atomic E-state index is 0.341. The van der Waals surface area contributed by atoms with Crippen LogP contribution in [0, 0.1) is 5.95 Å². The molecule has 1 aliphatic carbocycles. The summed E-state index contributed by atoms with van der Waals surface area (Å²) in [5, 5.41) is 0. The number of hydrogen-bond donors (Lipinski definition) is 0. The molecule has 1 heterocycles. The predicted octanol–water partition coefficient (Wildman–Crippen LogP) is 2.11. The second-order valence-corrected chi connectivity index (χ2v) is 2.99. The zero-order valence-corrected chi connectivity index (χ0v) is 6.88. The van der Waals surface area contributed by atoms with Crippen LogP contribution in [0.3, 0.4) is 0 Å². The van der Waals surface area contributed by atoms with Gasteiger partial charge in [0.2, 0.25) is 5.95 Å². The molecular formula is C9H10FNO. The molecule has 64 valence electrons. The fraction of sp³-hybridized carbons (Fsp3) is 0.444. The van der Waals surface area contributed by atoms with Gasteiger partial charge in [0.05, 0.1) is 12.7 Å². The normalized spacial score (nSPS) is 16.2. The maximum absolute atomic E-state index is 13.1. The van der Waals surface area contributed by atoms with Gasteiger partial charge in [0, 0.05) is 6.20 Å². The molecule has 1 aliphatic rings. The summed E-state index contributed by atoms with van der Waals surface area (Å²) in [6.07, 6.45) is 3.54. The Morgan fingerprint density at radius 2 is 2.33 bits per heavy atom. The van der Waals surface area contributed by atoms with Crippen molar-refractivity contribution in [3.05, 3.63) is 23.8 Å². The van der Waals surface area contributed by atoms with Crippen molar-refractivity contribution < 1.29 is 9.13 Å². The third-order valence-electron chi connectivity index (χ3n) is 2.11. The number of aromatic nitrogens is 1. The highest BCUT2D eigenvalue weighted by Crippen LogP contribution is 2.44. The lowest BCUT2D eigenvalue weighted by molar-refractivity contribution is 0.401. The van der Waals surface area contributed by atoms with E-state index >= 15 is 0 Å². The highest BCUT2D eigenvalue weighted by molar-refractivity contribution is 5.36. The average Bonchev–Trinajstić information content (AvgIpc) is 2.87. The van der Waals surface area contributed by atoms with Crippen molar-refractivity contribution in [3.8, 4) is 5.75 Å². The van der Waals surface area contributed by atoms with E-state index in [-0.39, 0.29) is 5.95 Å². The number of methoxy groups -OCH3 is 1. The fourth-order valence-electron chi connectivity index (χ4n) is 1.35. The van der Waals surface area contributed by atoms with Crippen LogP contribution in [0.5, 0.6) is 5.75 Å². The first kappa shape index (κ1) is 7.53. The van der Waals surface area contributed by atoms with Crippen molar-refractivity contribution in [2.45, 2.75) is 18.8 Å². The number of rotatable bonds is 2. The van der Waals surface area contributed by atoms with Crippen molar-refractivity contribution >= 4 is 0 Å². The predicted molar refractivity (Wildman–Crippen MR) is 42.7 cm³/mol. The van der Waals surface area contributed by atoms with Gasteiger partial charge in [-0.05, 0) is 24.8 Å². The van der Waals surface area contributed by atoms with Crippen LogP contribution >= 0.6 is 0 Å². The van der Waals surface area contributed by atoms with E-state index in [2.05, 4.69) is 4.98 Å². The van der Waals surface area contributed by atoms with Gasteiger partial charge in [-0.15, -0.1) is 0 Å². The summed E-state index contributed by atoms with van der Waals surface area (Å²) in [6, 6.07) is 1.71. The largest absolute Gasteiger partial charge is 0.496 e. The molecule has 0 aromatic carbocycles. The summed E-state index contributed by atoms with van der Waals surface area (Å²) < 4.78 is 18.2. The van der Waals surface area contributed by atoms with E-state index < -0.39 is 0 Å². The highest BCUT2D eigenvalue weighted by Gasteiger charge is 2.30. The molecule has 1 saturated carbocycles. The number of hydrogen-bond acceptors (Lipinski definition) is 2. The second kappa shape index (κ2) is 2.73. The molecule has 3 heteroatoms. The van der Waals surface area contributed by atoms with Crippen molar-refractivity contribution in [2.75, 3.05) is 7.11 Å². The molecule has 2 nitrogen and oxygen atoms in total. The van der Waals surface area contributed by atoms with Crippen molar-refractivity contribution in [1.82, 2.24) is 4.98 Å². The molecule has 0 amide bonds. The molecule has 2 rings (SSSR count). The van der Waals surface area contributed by atoms with Gasteiger partial charge in [-0.2, -0.15) is 4.39 Å². The molecule has 0 aliphatic heterocycles. The molecule has 0 radical (unpaired) electrons. The van der Waals surface area contributed by atoms with Gasteiger partial charge in [-0.25, -0.2) is 4.98 Å². The number of halogens is 1. The van der Waals surface area contributed by atoms with E-state index in [4.69, 9.17) is 4.74 Å². The maximum Gasteiger partial charge on any atom is 0.220 e. The van der Waals surface area contributed by atoms with Crippen LogP contribution in [0.25, 0.3) is 0 Å². The lowest BCUT2D eigenvalue weighted by atomic mass is 10.1. The van der Waals surface area contributed by atoms with E-state index in [0.717, 1.165) is 12.8 Å². The first-order chi connectivity index (χ1) is 5.83. The van der Waals surface area contributed by atoms with Crippen LogP contribution < -0.4 is 4.74 Å². The Morgan fingerprint density at radius 1 is 1.58 bits per heavy atom. The summed E-state index contributed by atoms with van der Waals surface area (Å²) in [5.41, 5.74) is 0.653. The number of nitrogens with zero attached hydrogens (tertiary/aromatic N) is 1. The molecule has 0 atom stereocenters. The van der Waals surface area contributed by atoms with Gasteiger partial charge >= 0.3 is 0 Å². The molecule has 12 heavy (non-hydrogen) atoms. The number of ether oxygens (including phenoxy) is 1. The number of pyridine rings is 1. The first-order valence-electron chi connectivity index (χ1n) is 4.01. The van der Waals surface area contributed by atoms with Crippen LogP contribution in [-0.4, -0.2) is 12.1 Å².